The number of para-hydroxylation sites is 6. The lowest BCUT2D eigenvalue weighted by Crippen LogP contribution is -2.61. The van der Waals surface area contributed by atoms with E-state index in [-0.39, 0.29) is 12.1 Å². The van der Waals surface area contributed by atoms with Crippen LogP contribution in [-0.2, 0) is 5.41 Å². The van der Waals surface area contributed by atoms with Gasteiger partial charge in [0.25, 0.3) is 6.71 Å². The summed E-state index contributed by atoms with van der Waals surface area (Å²) in [5, 5.41) is 4.91. The molecule has 99 heavy (non-hydrogen) atoms. The van der Waals surface area contributed by atoms with E-state index in [0.29, 0.717) is 0 Å². The lowest BCUT2D eigenvalue weighted by molar-refractivity contribution is 0.590. The van der Waals surface area contributed by atoms with Gasteiger partial charge in [0.15, 0.2) is 0 Å². The van der Waals surface area contributed by atoms with Crippen LogP contribution in [0.15, 0.2) is 352 Å². The number of anilines is 6. The van der Waals surface area contributed by atoms with Crippen molar-refractivity contribution in [1.82, 2.24) is 9.13 Å². The van der Waals surface area contributed by atoms with E-state index in [9.17, 15) is 0 Å². The predicted molar refractivity (Wildman–Crippen MR) is 420 cm³/mol. The fourth-order valence-corrected chi connectivity index (χ4v) is 16.3. The topological polar surface area (TPSA) is 16.3 Å². The summed E-state index contributed by atoms with van der Waals surface area (Å²) in [6.07, 6.45) is 0. The van der Waals surface area contributed by atoms with Gasteiger partial charge in [0.05, 0.1) is 33.4 Å². The van der Waals surface area contributed by atoms with Gasteiger partial charge in [-0.2, -0.15) is 0 Å². The van der Waals surface area contributed by atoms with Crippen molar-refractivity contribution in [3.8, 4) is 78.1 Å². The first-order valence-corrected chi connectivity index (χ1v) is 34.5. The highest BCUT2D eigenvalue weighted by Crippen LogP contribution is 2.55. The lowest BCUT2D eigenvalue weighted by atomic mass is 9.33. The number of hydrogen-bond acceptors (Lipinski definition) is 2. The van der Waals surface area contributed by atoms with Gasteiger partial charge in [0.2, 0.25) is 0 Å². The molecule has 2 aromatic heterocycles. The highest BCUT2D eigenvalue weighted by atomic mass is 15.2. The van der Waals surface area contributed by atoms with Crippen LogP contribution in [-0.4, -0.2) is 15.8 Å². The van der Waals surface area contributed by atoms with Crippen molar-refractivity contribution in [2.45, 2.75) is 26.2 Å². The zero-order valence-corrected chi connectivity index (χ0v) is 55.4. The van der Waals surface area contributed by atoms with Crippen molar-refractivity contribution in [2.24, 2.45) is 0 Å². The molecule has 0 spiro atoms. The third-order valence-corrected chi connectivity index (χ3v) is 20.8. The molecule has 0 fully saturated rings. The maximum Gasteiger partial charge on any atom is 0.252 e. The minimum Gasteiger partial charge on any atom is -0.310 e. The minimum absolute atomic E-state index is 0.233. The monoisotopic (exact) mass is 1260 g/mol. The largest absolute Gasteiger partial charge is 0.310 e. The van der Waals surface area contributed by atoms with Gasteiger partial charge in [-0.3, -0.25) is 0 Å². The number of benzene rings is 15. The molecule has 2 aliphatic rings. The molecule has 2 aliphatic heterocycles. The van der Waals surface area contributed by atoms with Gasteiger partial charge in [-0.15, -0.1) is 0 Å². The molecule has 15 aromatic carbocycles. The standard InChI is InChI=1S/C94H67BN4/c1-94(2,3)70-58-89-91-90(59-70)99(93-75(68-38-24-36-66(56-68)62-28-8-4-9-29-62)46-27-47-76(93)69-39-25-37-67(57-69)63-30-10-5-11-31-63)88-61-72(97-85-50-22-18-42-79(85)80-43-19-23-51-86(80)97)53-55-82(88)95(91)81-54-52-71(96-83-48-20-16-40-77(83)78-41-17-21-49-84(78)96)60-87(81)98(89)92-73(64-32-12-6-13-33-64)44-26-45-74(92)65-34-14-7-15-35-65/h4-61H,1-3H3. The van der Waals surface area contributed by atoms with Gasteiger partial charge in [-0.1, -0.05) is 300 Å². The molecule has 0 saturated carbocycles. The second kappa shape index (κ2) is 23.2. The zero-order valence-electron chi connectivity index (χ0n) is 55.4. The van der Waals surface area contributed by atoms with Crippen LogP contribution in [0.4, 0.5) is 34.1 Å². The van der Waals surface area contributed by atoms with Crippen molar-refractivity contribution in [2.75, 3.05) is 9.80 Å². The Labute approximate surface area is 577 Å². The summed E-state index contributed by atoms with van der Waals surface area (Å²) in [5.41, 5.74) is 32.0. The Kier molecular flexibility index (Phi) is 13.6. The van der Waals surface area contributed by atoms with E-state index in [4.69, 9.17) is 0 Å². The fourth-order valence-electron chi connectivity index (χ4n) is 16.3. The third kappa shape index (κ3) is 9.44. The van der Waals surface area contributed by atoms with Crippen molar-refractivity contribution in [1.29, 1.82) is 0 Å². The van der Waals surface area contributed by atoms with E-state index in [1.165, 1.54) is 65.7 Å². The molecule has 0 saturated heterocycles. The van der Waals surface area contributed by atoms with Gasteiger partial charge in [0.1, 0.15) is 0 Å². The molecule has 0 amide bonds. The Bertz CT molecular complexity index is 5770. The maximum atomic E-state index is 2.71. The number of aromatic nitrogens is 2. The first kappa shape index (κ1) is 58.0. The first-order valence-electron chi connectivity index (χ1n) is 34.5. The summed E-state index contributed by atoms with van der Waals surface area (Å²) < 4.78 is 4.98. The van der Waals surface area contributed by atoms with Gasteiger partial charge >= 0.3 is 0 Å². The molecular weight excluding hydrogens is 1200 g/mol. The summed E-state index contributed by atoms with van der Waals surface area (Å²) in [7, 11) is 0. The molecule has 466 valence electrons. The second-order valence-electron chi connectivity index (χ2n) is 27.5. The molecule has 17 aromatic rings. The molecule has 4 nitrogen and oxygen atoms in total. The summed E-state index contributed by atoms with van der Waals surface area (Å²) in [5.74, 6) is 0. The van der Waals surface area contributed by atoms with Crippen LogP contribution in [0.5, 0.6) is 0 Å². The van der Waals surface area contributed by atoms with Crippen LogP contribution in [0.1, 0.15) is 26.3 Å². The number of fused-ring (bicyclic) bond motifs is 10. The maximum absolute atomic E-state index is 2.71. The van der Waals surface area contributed by atoms with E-state index in [0.717, 1.165) is 112 Å². The van der Waals surface area contributed by atoms with E-state index in [1.54, 1.807) is 0 Å². The highest BCUT2D eigenvalue weighted by Gasteiger charge is 2.46. The lowest BCUT2D eigenvalue weighted by Gasteiger charge is -2.46. The number of rotatable bonds is 10. The molecule has 0 atom stereocenters. The van der Waals surface area contributed by atoms with Crippen LogP contribution < -0.4 is 26.2 Å². The number of hydrogen-bond donors (Lipinski definition) is 0. The van der Waals surface area contributed by atoms with Crippen molar-refractivity contribution in [3.05, 3.63) is 357 Å². The van der Waals surface area contributed by atoms with Crippen molar-refractivity contribution < 1.29 is 0 Å². The Morgan fingerprint density at radius 1 is 0.242 bits per heavy atom. The van der Waals surface area contributed by atoms with E-state index < -0.39 is 0 Å². The normalized spacial score (nSPS) is 12.5. The molecule has 0 radical (unpaired) electrons. The van der Waals surface area contributed by atoms with Crippen LogP contribution in [0, 0.1) is 0 Å². The average molecular weight is 1260 g/mol. The van der Waals surface area contributed by atoms with Crippen molar-refractivity contribution in [3.63, 3.8) is 0 Å². The molecule has 0 unspecified atom stereocenters. The minimum atomic E-state index is -0.327. The second-order valence-corrected chi connectivity index (χ2v) is 27.5. The Morgan fingerprint density at radius 3 is 0.909 bits per heavy atom. The molecular formula is C94H67BN4. The van der Waals surface area contributed by atoms with Gasteiger partial charge in [0, 0.05) is 77.9 Å². The molecule has 19 rings (SSSR count). The Balaban J connectivity index is 0.979. The Morgan fingerprint density at radius 2 is 0.545 bits per heavy atom. The highest BCUT2D eigenvalue weighted by molar-refractivity contribution is 7.00. The first-order chi connectivity index (χ1) is 48.8. The molecule has 5 heteroatoms. The summed E-state index contributed by atoms with van der Waals surface area (Å²) >= 11 is 0. The zero-order chi connectivity index (χ0) is 65.9. The van der Waals surface area contributed by atoms with Crippen LogP contribution >= 0.6 is 0 Å². The molecule has 0 aliphatic carbocycles. The van der Waals surface area contributed by atoms with Crippen LogP contribution in [0.3, 0.4) is 0 Å². The summed E-state index contributed by atoms with van der Waals surface area (Å²) in [6.45, 7) is 6.93. The quantitative estimate of drug-likeness (QED) is 0.127. The Hall–Kier alpha value is -12.4. The van der Waals surface area contributed by atoms with Gasteiger partial charge in [-0.25, -0.2) is 0 Å². The molecule has 0 bridgehead atoms. The smallest absolute Gasteiger partial charge is 0.252 e. The molecule has 0 N–H and O–H groups in total. The van der Waals surface area contributed by atoms with E-state index in [2.05, 4.69) is 392 Å². The predicted octanol–water partition coefficient (Wildman–Crippen LogP) is 23.3. The summed E-state index contributed by atoms with van der Waals surface area (Å²) in [4.78, 5) is 5.40. The van der Waals surface area contributed by atoms with Gasteiger partial charge < -0.3 is 18.9 Å². The fraction of sp³-hybridized carbons (Fsp3) is 0.0426. The SMILES string of the molecule is CC(C)(C)c1cc2c3c(c1)N(c1c(-c4cccc(-c5ccccc5)c4)cccc1-c1cccc(-c4ccccc4)c1)c1cc(-n4c5ccccc5c5ccccc54)ccc1B3c1ccc(-n3c4ccccc4c4ccccc43)cc1N2c1c(-c2ccccc2)cccc1-c1ccccc1. The van der Waals surface area contributed by atoms with E-state index >= 15 is 0 Å². The number of nitrogens with zero attached hydrogens (tertiary/aromatic N) is 4. The third-order valence-electron chi connectivity index (χ3n) is 20.8. The van der Waals surface area contributed by atoms with Gasteiger partial charge in [-0.05, 0) is 145 Å². The van der Waals surface area contributed by atoms with Crippen molar-refractivity contribution >= 4 is 101 Å². The van der Waals surface area contributed by atoms with Crippen LogP contribution in [0.25, 0.3) is 122 Å². The van der Waals surface area contributed by atoms with E-state index in [1.807, 2.05) is 0 Å². The average Bonchev–Trinajstić information content (AvgIpc) is 1.07. The molecule has 4 heterocycles. The van der Waals surface area contributed by atoms with Crippen LogP contribution in [0.2, 0.25) is 0 Å². The summed E-state index contributed by atoms with van der Waals surface area (Å²) in [6, 6.07) is 132.